The lowest BCUT2D eigenvalue weighted by molar-refractivity contribution is 0.111. The minimum Gasteiger partial charge on any atom is -0.454 e. The third-order valence-electron chi connectivity index (χ3n) is 2.69. The van der Waals surface area contributed by atoms with Crippen LogP contribution in [-0.4, -0.2) is 18.1 Å². The Balaban J connectivity index is 2.22. The molecule has 1 aliphatic heterocycles. The van der Waals surface area contributed by atoms with Gasteiger partial charge in [-0.15, -0.1) is 0 Å². The molecule has 4 heteroatoms. The Hall–Kier alpha value is -2.36. The normalized spacial score (nSPS) is 12.5. The van der Waals surface area contributed by atoms with Gasteiger partial charge in [0.1, 0.15) is 0 Å². The van der Waals surface area contributed by atoms with Crippen LogP contribution in [0.2, 0.25) is 0 Å². The molecule has 3 rings (SSSR count). The summed E-state index contributed by atoms with van der Waals surface area (Å²) < 4.78 is 10.6. The first-order valence-corrected chi connectivity index (χ1v) is 5.18. The Morgan fingerprint density at radius 3 is 2.71 bits per heavy atom. The summed E-state index contributed by atoms with van der Waals surface area (Å²) >= 11 is 0. The van der Waals surface area contributed by atoms with Crippen molar-refractivity contribution < 1.29 is 14.3 Å². The van der Waals surface area contributed by atoms with E-state index in [2.05, 4.69) is 4.98 Å². The molecule has 17 heavy (non-hydrogen) atoms. The molecular weight excluding hydrogens is 218 g/mol. The van der Waals surface area contributed by atoms with E-state index in [0.29, 0.717) is 17.1 Å². The Morgan fingerprint density at radius 2 is 1.94 bits per heavy atom. The van der Waals surface area contributed by atoms with Gasteiger partial charge < -0.3 is 9.47 Å². The molecule has 0 fully saturated rings. The zero-order valence-corrected chi connectivity index (χ0v) is 8.92. The van der Waals surface area contributed by atoms with Crippen molar-refractivity contribution in [2.45, 2.75) is 0 Å². The van der Waals surface area contributed by atoms with Crippen LogP contribution in [0.4, 0.5) is 0 Å². The van der Waals surface area contributed by atoms with Crippen LogP contribution >= 0.6 is 0 Å². The van der Waals surface area contributed by atoms with Gasteiger partial charge in [-0.25, -0.2) is 0 Å². The average Bonchev–Trinajstić information content (AvgIpc) is 2.86. The highest BCUT2D eigenvalue weighted by atomic mass is 16.7. The van der Waals surface area contributed by atoms with E-state index in [1.807, 2.05) is 24.3 Å². The predicted molar refractivity (Wildman–Crippen MR) is 61.2 cm³/mol. The lowest BCUT2D eigenvalue weighted by Crippen LogP contribution is -1.95. The largest absolute Gasteiger partial charge is 0.454 e. The van der Waals surface area contributed by atoms with E-state index in [-0.39, 0.29) is 6.79 Å². The summed E-state index contributed by atoms with van der Waals surface area (Å²) in [6.45, 7) is 0.163. The van der Waals surface area contributed by atoms with E-state index < -0.39 is 0 Å². The van der Waals surface area contributed by atoms with Crippen molar-refractivity contribution in [3.8, 4) is 22.6 Å². The van der Waals surface area contributed by atoms with E-state index >= 15 is 0 Å². The van der Waals surface area contributed by atoms with Crippen molar-refractivity contribution in [2.24, 2.45) is 0 Å². The van der Waals surface area contributed by atoms with Gasteiger partial charge in [0, 0.05) is 12.4 Å². The van der Waals surface area contributed by atoms with Crippen LogP contribution < -0.4 is 9.47 Å². The van der Waals surface area contributed by atoms with Crippen LogP contribution in [0.15, 0.2) is 36.7 Å². The molecule has 0 bridgehead atoms. The first kappa shape index (κ1) is 9.84. The van der Waals surface area contributed by atoms with Gasteiger partial charge in [-0.05, 0) is 35.4 Å². The number of nitrogens with zero attached hydrogens (tertiary/aromatic N) is 1. The molecule has 2 heterocycles. The Bertz CT molecular complexity index is 566. The molecule has 0 atom stereocenters. The van der Waals surface area contributed by atoms with Gasteiger partial charge in [0.2, 0.25) is 6.79 Å². The molecule has 1 aromatic heterocycles. The van der Waals surface area contributed by atoms with Gasteiger partial charge in [0.05, 0.1) is 5.56 Å². The second-order valence-corrected chi connectivity index (χ2v) is 3.61. The molecule has 4 nitrogen and oxygen atoms in total. The smallest absolute Gasteiger partial charge is 0.231 e. The molecule has 0 unspecified atom stereocenters. The Kier molecular flexibility index (Phi) is 2.26. The lowest BCUT2D eigenvalue weighted by Gasteiger charge is -2.07. The highest BCUT2D eigenvalue weighted by Crippen LogP contribution is 2.39. The van der Waals surface area contributed by atoms with Crippen LogP contribution in [0.5, 0.6) is 11.5 Å². The molecule has 0 saturated heterocycles. The van der Waals surface area contributed by atoms with Crippen LogP contribution in [-0.2, 0) is 0 Å². The third-order valence-corrected chi connectivity index (χ3v) is 2.69. The lowest BCUT2D eigenvalue weighted by atomic mass is 10.0. The zero-order chi connectivity index (χ0) is 11.7. The maximum atomic E-state index is 11.2. The molecular formula is C13H9NO3. The highest BCUT2D eigenvalue weighted by molar-refractivity contribution is 5.92. The van der Waals surface area contributed by atoms with Crippen LogP contribution in [0.3, 0.4) is 0 Å². The number of benzene rings is 1. The molecule has 84 valence electrons. The average molecular weight is 227 g/mol. The predicted octanol–water partition coefficient (Wildman–Crippen LogP) is 2.29. The maximum absolute atomic E-state index is 11.2. The summed E-state index contributed by atoms with van der Waals surface area (Å²) in [6, 6.07) is 7.37. The number of pyridine rings is 1. The third kappa shape index (κ3) is 1.54. The zero-order valence-electron chi connectivity index (χ0n) is 8.92. The second kappa shape index (κ2) is 3.90. The first-order chi connectivity index (χ1) is 8.40. The van der Waals surface area contributed by atoms with Gasteiger partial charge in [0.15, 0.2) is 17.8 Å². The van der Waals surface area contributed by atoms with Gasteiger partial charge in [-0.3, -0.25) is 9.78 Å². The molecule has 1 aliphatic rings. The maximum Gasteiger partial charge on any atom is 0.231 e. The van der Waals surface area contributed by atoms with Crippen molar-refractivity contribution in [2.75, 3.05) is 6.79 Å². The fourth-order valence-corrected chi connectivity index (χ4v) is 1.89. The minimum atomic E-state index is 0.163. The highest BCUT2D eigenvalue weighted by Gasteiger charge is 2.20. The molecule has 0 radical (unpaired) electrons. The number of rotatable bonds is 2. The molecule has 0 aliphatic carbocycles. The van der Waals surface area contributed by atoms with E-state index in [1.165, 1.54) is 0 Å². The van der Waals surface area contributed by atoms with Gasteiger partial charge in [-0.2, -0.15) is 0 Å². The summed E-state index contributed by atoms with van der Waals surface area (Å²) in [6.07, 6.45) is 4.17. The quantitative estimate of drug-likeness (QED) is 0.738. The Morgan fingerprint density at radius 1 is 1.12 bits per heavy atom. The number of aromatic nitrogens is 1. The standard InChI is InChI=1S/C13H9NO3/c15-7-11-10(9-3-5-14-6-4-9)1-2-12-13(11)17-8-16-12/h1-7H,8H2. The summed E-state index contributed by atoms with van der Waals surface area (Å²) in [5, 5.41) is 0. The molecule has 2 aromatic rings. The monoisotopic (exact) mass is 227 g/mol. The number of carbonyl (C=O) groups is 1. The molecule has 0 amide bonds. The summed E-state index contributed by atoms with van der Waals surface area (Å²) in [4.78, 5) is 15.2. The summed E-state index contributed by atoms with van der Waals surface area (Å²) in [5.74, 6) is 1.14. The van der Waals surface area contributed by atoms with Gasteiger partial charge in [-0.1, -0.05) is 0 Å². The molecule has 0 saturated carbocycles. The fourth-order valence-electron chi connectivity index (χ4n) is 1.89. The summed E-state index contributed by atoms with van der Waals surface area (Å²) in [5.41, 5.74) is 2.28. The van der Waals surface area contributed by atoms with Crippen LogP contribution in [0, 0.1) is 0 Å². The fraction of sp³-hybridized carbons (Fsp3) is 0.0769. The summed E-state index contributed by atoms with van der Waals surface area (Å²) in [7, 11) is 0. The number of fused-ring (bicyclic) bond motifs is 1. The molecule has 0 spiro atoms. The van der Waals surface area contributed by atoms with E-state index in [9.17, 15) is 4.79 Å². The van der Waals surface area contributed by atoms with Crippen molar-refractivity contribution in [3.05, 3.63) is 42.2 Å². The van der Waals surface area contributed by atoms with E-state index in [1.54, 1.807) is 12.4 Å². The number of ether oxygens (including phenoxy) is 2. The number of carbonyl (C=O) groups excluding carboxylic acids is 1. The molecule has 0 N–H and O–H groups in total. The minimum absolute atomic E-state index is 0.163. The first-order valence-electron chi connectivity index (χ1n) is 5.18. The van der Waals surface area contributed by atoms with Crippen molar-refractivity contribution >= 4 is 6.29 Å². The van der Waals surface area contributed by atoms with E-state index in [0.717, 1.165) is 17.4 Å². The van der Waals surface area contributed by atoms with Crippen molar-refractivity contribution in [3.63, 3.8) is 0 Å². The number of hydrogen-bond donors (Lipinski definition) is 0. The SMILES string of the molecule is O=Cc1c(-c2ccncc2)ccc2c1OCO2. The number of hydrogen-bond acceptors (Lipinski definition) is 4. The number of aldehydes is 1. The van der Waals surface area contributed by atoms with Gasteiger partial charge in [0.25, 0.3) is 0 Å². The van der Waals surface area contributed by atoms with Crippen molar-refractivity contribution in [1.82, 2.24) is 4.98 Å². The van der Waals surface area contributed by atoms with Crippen LogP contribution in [0.25, 0.3) is 11.1 Å². The van der Waals surface area contributed by atoms with Gasteiger partial charge >= 0.3 is 0 Å². The topological polar surface area (TPSA) is 48.4 Å². The van der Waals surface area contributed by atoms with Crippen LogP contribution in [0.1, 0.15) is 10.4 Å². The molecule has 1 aromatic carbocycles. The van der Waals surface area contributed by atoms with E-state index in [4.69, 9.17) is 9.47 Å². The Labute approximate surface area is 97.8 Å². The second-order valence-electron chi connectivity index (χ2n) is 3.61. The van der Waals surface area contributed by atoms with Crippen molar-refractivity contribution in [1.29, 1.82) is 0 Å².